The Morgan fingerprint density at radius 3 is 2.70 bits per heavy atom. The monoisotopic (exact) mass is 420 g/mol. The molecule has 154 valence electrons. The maximum atomic E-state index is 13.7. The molecule has 0 fully saturated rings. The van der Waals surface area contributed by atoms with E-state index in [-0.39, 0.29) is 5.91 Å². The van der Waals surface area contributed by atoms with Gasteiger partial charge < -0.3 is 9.64 Å². The fourth-order valence-corrected chi connectivity index (χ4v) is 4.30. The number of aromatic nitrogens is 3. The Kier molecular flexibility index (Phi) is 5.92. The van der Waals surface area contributed by atoms with Crippen molar-refractivity contribution in [3.63, 3.8) is 0 Å². The van der Waals surface area contributed by atoms with Crippen molar-refractivity contribution in [2.45, 2.75) is 13.5 Å². The molecule has 0 radical (unpaired) electrons. The van der Waals surface area contributed by atoms with Gasteiger partial charge in [0.15, 0.2) is 5.65 Å². The first-order chi connectivity index (χ1) is 14.6. The molecular formula is C23H24N4O2S. The van der Waals surface area contributed by atoms with Crippen molar-refractivity contribution >= 4 is 28.3 Å². The van der Waals surface area contributed by atoms with E-state index in [1.807, 2.05) is 72.8 Å². The van der Waals surface area contributed by atoms with Gasteiger partial charge in [0.2, 0.25) is 0 Å². The molecule has 0 aliphatic heterocycles. The quantitative estimate of drug-likeness (QED) is 0.447. The molecule has 0 saturated carbocycles. The number of ether oxygens (including phenoxy) is 1. The number of methoxy groups -OCH3 is 1. The lowest BCUT2D eigenvalue weighted by Gasteiger charge is -2.22. The van der Waals surface area contributed by atoms with Crippen LogP contribution in [0, 0.1) is 6.92 Å². The van der Waals surface area contributed by atoms with Crippen LogP contribution in [0.15, 0.2) is 53.9 Å². The molecule has 1 aromatic carbocycles. The average Bonchev–Trinajstić information content (AvgIpc) is 3.38. The number of hydrogen-bond donors (Lipinski definition) is 0. The van der Waals surface area contributed by atoms with E-state index < -0.39 is 0 Å². The molecule has 7 heteroatoms. The van der Waals surface area contributed by atoms with Gasteiger partial charge in [-0.2, -0.15) is 5.10 Å². The second-order valence-electron chi connectivity index (χ2n) is 7.13. The fourth-order valence-electron chi connectivity index (χ4n) is 3.59. The minimum Gasteiger partial charge on any atom is -0.383 e. The maximum absolute atomic E-state index is 13.7. The number of carbonyl (C=O) groups is 1. The smallest absolute Gasteiger partial charge is 0.255 e. The molecule has 0 unspecified atom stereocenters. The van der Waals surface area contributed by atoms with Crippen molar-refractivity contribution in [3.05, 3.63) is 70.0 Å². The van der Waals surface area contributed by atoms with Gasteiger partial charge in [0, 0.05) is 31.1 Å². The number of rotatable bonds is 7. The first kappa shape index (κ1) is 20.3. The zero-order valence-electron chi connectivity index (χ0n) is 17.3. The zero-order valence-corrected chi connectivity index (χ0v) is 18.1. The lowest BCUT2D eigenvalue weighted by Crippen LogP contribution is -2.33. The van der Waals surface area contributed by atoms with Gasteiger partial charge in [0.1, 0.15) is 0 Å². The number of nitrogens with zero attached hydrogens (tertiary/aromatic N) is 4. The lowest BCUT2D eigenvalue weighted by atomic mass is 10.0. The van der Waals surface area contributed by atoms with Gasteiger partial charge in [-0.1, -0.05) is 36.4 Å². The summed E-state index contributed by atoms with van der Waals surface area (Å²) in [5.41, 5.74) is 3.86. The lowest BCUT2D eigenvalue weighted by molar-refractivity contribution is 0.0684. The molecule has 0 atom stereocenters. The first-order valence-corrected chi connectivity index (χ1v) is 10.7. The van der Waals surface area contributed by atoms with E-state index >= 15 is 0 Å². The molecule has 1 amide bonds. The summed E-state index contributed by atoms with van der Waals surface area (Å²) < 4.78 is 7.01. The molecule has 6 nitrogen and oxygen atoms in total. The number of hydrogen-bond acceptors (Lipinski definition) is 5. The molecule has 3 aromatic heterocycles. The van der Waals surface area contributed by atoms with Crippen LogP contribution in [0.4, 0.5) is 0 Å². The third kappa shape index (κ3) is 3.99. The van der Waals surface area contributed by atoms with Crippen LogP contribution in [0.3, 0.4) is 0 Å². The van der Waals surface area contributed by atoms with Crippen LogP contribution in [0.2, 0.25) is 0 Å². The molecule has 0 N–H and O–H groups in total. The number of aryl methyl sites for hydroxylation is 2. The Morgan fingerprint density at radius 2 is 2.00 bits per heavy atom. The summed E-state index contributed by atoms with van der Waals surface area (Å²) in [4.78, 5) is 21.5. The van der Waals surface area contributed by atoms with E-state index in [1.54, 1.807) is 23.1 Å². The summed E-state index contributed by atoms with van der Waals surface area (Å²) >= 11 is 1.64. The van der Waals surface area contributed by atoms with Gasteiger partial charge in [0.05, 0.1) is 35.5 Å². The third-order valence-corrected chi connectivity index (χ3v) is 5.91. The van der Waals surface area contributed by atoms with E-state index in [9.17, 15) is 4.79 Å². The predicted molar refractivity (Wildman–Crippen MR) is 120 cm³/mol. The van der Waals surface area contributed by atoms with Crippen LogP contribution in [-0.4, -0.2) is 45.8 Å². The van der Waals surface area contributed by atoms with Crippen LogP contribution in [0.5, 0.6) is 0 Å². The van der Waals surface area contributed by atoms with Crippen molar-refractivity contribution in [1.82, 2.24) is 19.7 Å². The second kappa shape index (κ2) is 8.77. The summed E-state index contributed by atoms with van der Waals surface area (Å²) in [6.07, 6.45) is 0. The van der Waals surface area contributed by atoms with Crippen LogP contribution < -0.4 is 0 Å². The SMILES string of the molecule is COCCN(Cc1cccs1)C(=O)c1cc(-c2ccccc2)nc2c1c(C)nn2C. The van der Waals surface area contributed by atoms with Crippen LogP contribution in [-0.2, 0) is 18.3 Å². The van der Waals surface area contributed by atoms with Crippen molar-refractivity contribution in [2.24, 2.45) is 7.05 Å². The van der Waals surface area contributed by atoms with Crippen molar-refractivity contribution in [1.29, 1.82) is 0 Å². The van der Waals surface area contributed by atoms with Crippen molar-refractivity contribution < 1.29 is 9.53 Å². The molecular weight excluding hydrogens is 396 g/mol. The average molecular weight is 421 g/mol. The van der Waals surface area contributed by atoms with Gasteiger partial charge >= 0.3 is 0 Å². The highest BCUT2D eigenvalue weighted by Gasteiger charge is 2.23. The number of benzene rings is 1. The minimum absolute atomic E-state index is 0.0406. The number of carbonyl (C=O) groups excluding carboxylic acids is 1. The van der Waals surface area contributed by atoms with E-state index in [1.165, 1.54) is 0 Å². The van der Waals surface area contributed by atoms with Gasteiger partial charge in [-0.15, -0.1) is 11.3 Å². The number of thiophene rings is 1. The standard InChI is InChI=1S/C23H24N4O2S/c1-16-21-19(23(28)27(11-12-29-3)15-18-10-7-13-30-18)14-20(17-8-5-4-6-9-17)24-22(21)26(2)25-16/h4-10,13-14H,11-12,15H2,1-3H3. The van der Waals surface area contributed by atoms with Gasteiger partial charge in [-0.25, -0.2) is 4.98 Å². The first-order valence-electron chi connectivity index (χ1n) is 9.79. The molecule has 0 aliphatic rings. The maximum Gasteiger partial charge on any atom is 0.255 e. The second-order valence-corrected chi connectivity index (χ2v) is 8.16. The molecule has 0 bridgehead atoms. The summed E-state index contributed by atoms with van der Waals surface area (Å²) in [6, 6.07) is 15.9. The highest BCUT2D eigenvalue weighted by Crippen LogP contribution is 2.28. The van der Waals surface area contributed by atoms with Gasteiger partial charge in [-0.3, -0.25) is 9.48 Å². The third-order valence-electron chi connectivity index (χ3n) is 5.05. The Hall–Kier alpha value is -3.03. The van der Waals surface area contributed by atoms with E-state index in [4.69, 9.17) is 9.72 Å². The summed E-state index contributed by atoms with van der Waals surface area (Å²) in [6.45, 7) is 3.45. The zero-order chi connectivity index (χ0) is 21.1. The molecule has 0 aliphatic carbocycles. The Bertz CT molecular complexity index is 1150. The van der Waals surface area contributed by atoms with Crippen molar-refractivity contribution in [2.75, 3.05) is 20.3 Å². The molecule has 3 heterocycles. The van der Waals surface area contributed by atoms with Gasteiger partial charge in [0.25, 0.3) is 5.91 Å². The topological polar surface area (TPSA) is 60.2 Å². The number of fused-ring (bicyclic) bond motifs is 1. The fraction of sp³-hybridized carbons (Fsp3) is 0.261. The van der Waals surface area contributed by atoms with E-state index in [2.05, 4.69) is 5.10 Å². The van der Waals surface area contributed by atoms with E-state index in [0.29, 0.717) is 30.9 Å². The number of pyridine rings is 1. The highest BCUT2D eigenvalue weighted by molar-refractivity contribution is 7.09. The predicted octanol–water partition coefficient (Wildman–Crippen LogP) is 4.29. The molecule has 4 rings (SSSR count). The van der Waals surface area contributed by atoms with Crippen molar-refractivity contribution in [3.8, 4) is 11.3 Å². The molecule has 4 aromatic rings. The normalized spacial score (nSPS) is 11.2. The Labute approximate surface area is 179 Å². The largest absolute Gasteiger partial charge is 0.383 e. The van der Waals surface area contributed by atoms with Crippen LogP contribution >= 0.6 is 11.3 Å². The van der Waals surface area contributed by atoms with Gasteiger partial charge in [-0.05, 0) is 24.4 Å². The Morgan fingerprint density at radius 1 is 1.20 bits per heavy atom. The highest BCUT2D eigenvalue weighted by atomic mass is 32.1. The molecule has 0 spiro atoms. The molecule has 30 heavy (non-hydrogen) atoms. The minimum atomic E-state index is -0.0406. The van der Waals surface area contributed by atoms with Crippen LogP contribution in [0.25, 0.3) is 22.3 Å². The molecule has 0 saturated heterocycles. The summed E-state index contributed by atoms with van der Waals surface area (Å²) in [5.74, 6) is -0.0406. The van der Waals surface area contributed by atoms with E-state index in [0.717, 1.165) is 27.2 Å². The number of amides is 1. The van der Waals surface area contributed by atoms with Crippen LogP contribution in [0.1, 0.15) is 20.9 Å². The summed E-state index contributed by atoms with van der Waals surface area (Å²) in [5, 5.41) is 7.35. The Balaban J connectivity index is 1.83. The summed E-state index contributed by atoms with van der Waals surface area (Å²) in [7, 11) is 3.51.